The Bertz CT molecular complexity index is 1230. The largest absolute Gasteiger partial charge is 0.416 e. The van der Waals surface area contributed by atoms with E-state index in [1.807, 2.05) is 0 Å². The summed E-state index contributed by atoms with van der Waals surface area (Å²) in [5.41, 5.74) is 0.982. The van der Waals surface area contributed by atoms with E-state index in [4.69, 9.17) is 11.6 Å². The number of amides is 2. The van der Waals surface area contributed by atoms with Gasteiger partial charge in [-0.1, -0.05) is 36.4 Å². The molecule has 0 bridgehead atoms. The van der Waals surface area contributed by atoms with Gasteiger partial charge in [-0.15, -0.1) is 0 Å². The zero-order valence-electron chi connectivity index (χ0n) is 16.7. The number of fused-ring (bicyclic) bond motifs is 1. The molecule has 0 aliphatic carbocycles. The number of nitrogens with one attached hydrogen (secondary N) is 1. The van der Waals surface area contributed by atoms with E-state index in [-0.39, 0.29) is 29.0 Å². The van der Waals surface area contributed by atoms with Crippen LogP contribution in [0.1, 0.15) is 27.2 Å². The smallest absolute Gasteiger partial charge is 0.309 e. The van der Waals surface area contributed by atoms with Crippen molar-refractivity contribution < 1.29 is 22.8 Å². The Kier molecular flexibility index (Phi) is 5.29. The summed E-state index contributed by atoms with van der Waals surface area (Å²) < 4.78 is 40.6. The average molecular weight is 461 g/mol. The van der Waals surface area contributed by atoms with Gasteiger partial charge in [-0.3, -0.25) is 14.5 Å². The maximum atomic E-state index is 13.2. The van der Waals surface area contributed by atoms with Crippen LogP contribution >= 0.6 is 11.6 Å². The van der Waals surface area contributed by atoms with Crippen molar-refractivity contribution in [1.29, 1.82) is 0 Å². The standard InChI is InChI=1S/C22H16ClF3N4O2/c1-12-9-19(30(28-12)18-10-14(22(24,25)26)7-8-17(18)23)27-20(31)11-29-13(2)15-5-3-4-6-16(15)21(29)32/h3-10H,2,11H2,1H3,(H,27,31). The molecular weight excluding hydrogens is 445 g/mol. The summed E-state index contributed by atoms with van der Waals surface area (Å²) in [6.45, 7) is 5.18. The summed E-state index contributed by atoms with van der Waals surface area (Å²) in [6.07, 6.45) is -4.57. The van der Waals surface area contributed by atoms with Crippen LogP contribution < -0.4 is 5.32 Å². The Morgan fingerprint density at radius 2 is 1.84 bits per heavy atom. The molecule has 1 aliphatic rings. The number of alkyl halides is 3. The summed E-state index contributed by atoms with van der Waals surface area (Å²) in [5.74, 6) is -0.814. The molecule has 0 atom stereocenters. The monoisotopic (exact) mass is 460 g/mol. The molecule has 2 amide bonds. The van der Waals surface area contributed by atoms with Crippen molar-refractivity contribution in [3.8, 4) is 5.69 Å². The Morgan fingerprint density at radius 3 is 2.50 bits per heavy atom. The summed E-state index contributed by atoms with van der Waals surface area (Å²) in [7, 11) is 0. The number of carbonyl (C=O) groups excluding carboxylic acids is 2. The molecule has 2 heterocycles. The van der Waals surface area contributed by atoms with E-state index in [0.29, 0.717) is 22.5 Å². The molecule has 10 heteroatoms. The van der Waals surface area contributed by atoms with Crippen LogP contribution in [0, 0.1) is 6.92 Å². The van der Waals surface area contributed by atoms with Gasteiger partial charge < -0.3 is 5.32 Å². The molecule has 0 radical (unpaired) electrons. The van der Waals surface area contributed by atoms with Gasteiger partial charge >= 0.3 is 6.18 Å². The number of benzene rings is 2. The third-order valence-corrected chi connectivity index (χ3v) is 5.26. The highest BCUT2D eigenvalue weighted by atomic mass is 35.5. The zero-order chi connectivity index (χ0) is 23.2. The van der Waals surface area contributed by atoms with E-state index >= 15 is 0 Å². The molecular formula is C22H16ClF3N4O2. The van der Waals surface area contributed by atoms with E-state index < -0.39 is 17.6 Å². The van der Waals surface area contributed by atoms with Crippen LogP contribution in [-0.2, 0) is 11.0 Å². The minimum atomic E-state index is -4.57. The molecule has 1 N–H and O–H groups in total. The fourth-order valence-corrected chi connectivity index (χ4v) is 3.65. The van der Waals surface area contributed by atoms with E-state index in [2.05, 4.69) is 17.0 Å². The van der Waals surface area contributed by atoms with Gasteiger partial charge in [0.25, 0.3) is 5.91 Å². The van der Waals surface area contributed by atoms with Gasteiger partial charge in [-0.25, -0.2) is 4.68 Å². The molecule has 0 fully saturated rings. The molecule has 0 saturated heterocycles. The van der Waals surface area contributed by atoms with Crippen molar-refractivity contribution in [2.75, 3.05) is 11.9 Å². The van der Waals surface area contributed by atoms with E-state index in [9.17, 15) is 22.8 Å². The first-order valence-electron chi connectivity index (χ1n) is 9.40. The Hall–Kier alpha value is -3.59. The topological polar surface area (TPSA) is 67.2 Å². The van der Waals surface area contributed by atoms with Crippen molar-refractivity contribution in [2.45, 2.75) is 13.1 Å². The molecule has 6 nitrogen and oxygen atoms in total. The number of anilines is 1. The maximum absolute atomic E-state index is 13.2. The molecule has 0 unspecified atom stereocenters. The minimum absolute atomic E-state index is 0.0233. The van der Waals surface area contributed by atoms with Gasteiger partial charge in [0.2, 0.25) is 5.91 Å². The highest BCUT2D eigenvalue weighted by molar-refractivity contribution is 6.32. The summed E-state index contributed by atoms with van der Waals surface area (Å²) >= 11 is 6.12. The Morgan fingerprint density at radius 1 is 1.16 bits per heavy atom. The fourth-order valence-electron chi connectivity index (χ4n) is 3.45. The average Bonchev–Trinajstić information content (AvgIpc) is 3.20. The zero-order valence-corrected chi connectivity index (χ0v) is 17.5. The first kappa shape index (κ1) is 21.6. The quantitative estimate of drug-likeness (QED) is 0.601. The SMILES string of the molecule is C=C1c2ccccc2C(=O)N1CC(=O)Nc1cc(C)nn1-c1cc(C(F)(F)F)ccc1Cl. The molecule has 32 heavy (non-hydrogen) atoms. The Balaban J connectivity index is 1.59. The lowest BCUT2D eigenvalue weighted by Gasteiger charge is -2.17. The molecule has 1 aromatic heterocycles. The maximum Gasteiger partial charge on any atom is 0.416 e. The highest BCUT2D eigenvalue weighted by Crippen LogP contribution is 2.34. The van der Waals surface area contributed by atoms with Gasteiger partial charge in [-0.2, -0.15) is 18.3 Å². The number of nitrogens with zero attached hydrogens (tertiary/aromatic N) is 3. The molecule has 4 rings (SSSR count). The van der Waals surface area contributed by atoms with Crippen LogP contribution in [-0.4, -0.2) is 33.0 Å². The molecule has 3 aromatic rings. The predicted octanol–water partition coefficient (Wildman–Crippen LogP) is 4.92. The lowest BCUT2D eigenvalue weighted by atomic mass is 10.1. The summed E-state index contributed by atoms with van der Waals surface area (Å²) in [4.78, 5) is 26.6. The van der Waals surface area contributed by atoms with Gasteiger partial charge in [0.05, 0.1) is 22.0 Å². The van der Waals surface area contributed by atoms with Crippen LogP contribution in [0.3, 0.4) is 0 Å². The third-order valence-electron chi connectivity index (χ3n) is 4.94. The number of halogens is 4. The second-order valence-electron chi connectivity index (χ2n) is 7.18. The van der Waals surface area contributed by atoms with E-state index in [1.54, 1.807) is 31.2 Å². The predicted molar refractivity (Wildman–Crippen MR) is 113 cm³/mol. The second-order valence-corrected chi connectivity index (χ2v) is 7.59. The van der Waals surface area contributed by atoms with Crippen molar-refractivity contribution in [1.82, 2.24) is 14.7 Å². The minimum Gasteiger partial charge on any atom is -0.309 e. The summed E-state index contributed by atoms with van der Waals surface area (Å²) in [5, 5.41) is 6.78. The molecule has 1 aliphatic heterocycles. The summed E-state index contributed by atoms with van der Waals surface area (Å²) in [6, 6.07) is 11.2. The number of hydrogen-bond donors (Lipinski definition) is 1. The molecule has 2 aromatic carbocycles. The lowest BCUT2D eigenvalue weighted by molar-refractivity contribution is -0.137. The van der Waals surface area contributed by atoms with Gasteiger partial charge in [0.1, 0.15) is 12.4 Å². The molecule has 0 spiro atoms. The molecule has 0 saturated carbocycles. The van der Waals surface area contributed by atoms with Crippen LogP contribution in [0.25, 0.3) is 11.4 Å². The van der Waals surface area contributed by atoms with Crippen molar-refractivity contribution >= 4 is 34.9 Å². The number of aryl methyl sites for hydroxylation is 1. The number of rotatable bonds is 4. The van der Waals surface area contributed by atoms with Gasteiger partial charge in [0.15, 0.2) is 0 Å². The third kappa shape index (κ3) is 3.87. The second kappa shape index (κ2) is 7.83. The lowest BCUT2D eigenvalue weighted by Crippen LogP contribution is -2.33. The number of aromatic nitrogens is 2. The highest BCUT2D eigenvalue weighted by Gasteiger charge is 2.33. The molecule has 164 valence electrons. The van der Waals surface area contributed by atoms with Gasteiger partial charge in [0, 0.05) is 22.9 Å². The van der Waals surface area contributed by atoms with Crippen molar-refractivity contribution in [2.24, 2.45) is 0 Å². The van der Waals surface area contributed by atoms with Crippen LogP contribution in [0.15, 0.2) is 55.1 Å². The van der Waals surface area contributed by atoms with E-state index in [0.717, 1.165) is 22.9 Å². The fraction of sp³-hybridized carbons (Fsp3) is 0.136. The first-order chi connectivity index (χ1) is 15.1. The first-order valence-corrected chi connectivity index (χ1v) is 9.78. The van der Waals surface area contributed by atoms with Crippen LogP contribution in [0.5, 0.6) is 0 Å². The van der Waals surface area contributed by atoms with E-state index in [1.165, 1.54) is 11.0 Å². The Labute approximate surface area is 185 Å². The number of carbonyl (C=O) groups is 2. The van der Waals surface area contributed by atoms with Crippen LogP contribution in [0.4, 0.5) is 19.0 Å². The van der Waals surface area contributed by atoms with Crippen molar-refractivity contribution in [3.63, 3.8) is 0 Å². The number of hydrogen-bond acceptors (Lipinski definition) is 3. The van der Waals surface area contributed by atoms with Gasteiger partial charge in [-0.05, 0) is 31.2 Å². The normalized spacial score (nSPS) is 13.5. The van der Waals surface area contributed by atoms with Crippen molar-refractivity contribution in [3.05, 3.63) is 82.5 Å². The van der Waals surface area contributed by atoms with Crippen LogP contribution in [0.2, 0.25) is 5.02 Å².